The second-order valence-electron chi connectivity index (χ2n) is 4.91. The molecule has 80 valence electrons. The Morgan fingerprint density at radius 2 is 2.00 bits per heavy atom. The summed E-state index contributed by atoms with van der Waals surface area (Å²) in [4.78, 5) is 2.29. The molecule has 15 heavy (non-hydrogen) atoms. The quantitative estimate of drug-likeness (QED) is 0.755. The lowest BCUT2D eigenvalue weighted by molar-refractivity contribution is 0.386. The van der Waals surface area contributed by atoms with Gasteiger partial charge in [0.15, 0.2) is 0 Å². The highest BCUT2D eigenvalue weighted by atomic mass is 79.9. The van der Waals surface area contributed by atoms with E-state index in [0.717, 1.165) is 24.3 Å². The van der Waals surface area contributed by atoms with Gasteiger partial charge in [-0.15, -0.1) is 0 Å². The average Bonchev–Trinajstić information content (AvgIpc) is 2.89. The third kappa shape index (κ3) is 1.48. The lowest BCUT2D eigenvalue weighted by Crippen LogP contribution is -2.48. The van der Waals surface area contributed by atoms with Crippen LogP contribution in [-0.4, -0.2) is 13.1 Å². The molecule has 0 bridgehead atoms. The van der Waals surface area contributed by atoms with Crippen molar-refractivity contribution in [2.24, 2.45) is 5.41 Å². The molecule has 0 N–H and O–H groups in total. The van der Waals surface area contributed by atoms with Gasteiger partial charge in [-0.3, -0.25) is 0 Å². The Morgan fingerprint density at radius 3 is 2.60 bits per heavy atom. The molecule has 0 unspecified atom stereocenters. The predicted molar refractivity (Wildman–Crippen MR) is 62.7 cm³/mol. The maximum atomic E-state index is 13.4. The fraction of sp³-hybridized carbons (Fsp3) is 0.500. The van der Waals surface area contributed by atoms with Crippen LogP contribution in [0.3, 0.4) is 0 Å². The van der Waals surface area contributed by atoms with Crippen LogP contribution in [0.5, 0.6) is 0 Å². The van der Waals surface area contributed by atoms with Crippen molar-refractivity contribution in [2.75, 3.05) is 18.0 Å². The fourth-order valence-corrected chi connectivity index (χ4v) is 2.86. The molecule has 0 amide bonds. The van der Waals surface area contributed by atoms with E-state index in [1.807, 2.05) is 13.0 Å². The number of aryl methyl sites for hydroxylation is 1. The molecule has 1 nitrogen and oxygen atoms in total. The van der Waals surface area contributed by atoms with Gasteiger partial charge >= 0.3 is 0 Å². The van der Waals surface area contributed by atoms with Crippen LogP contribution >= 0.6 is 15.9 Å². The first kappa shape index (κ1) is 9.64. The lowest BCUT2D eigenvalue weighted by atomic mass is 9.95. The normalized spacial score (nSPS) is 21.7. The van der Waals surface area contributed by atoms with Crippen LogP contribution in [0.1, 0.15) is 18.4 Å². The van der Waals surface area contributed by atoms with Crippen molar-refractivity contribution in [3.63, 3.8) is 0 Å². The molecule has 1 heterocycles. The van der Waals surface area contributed by atoms with Crippen molar-refractivity contribution >= 4 is 21.6 Å². The topological polar surface area (TPSA) is 3.24 Å². The van der Waals surface area contributed by atoms with Crippen LogP contribution in [0, 0.1) is 18.2 Å². The number of rotatable bonds is 1. The third-order valence-corrected chi connectivity index (χ3v) is 4.20. The van der Waals surface area contributed by atoms with E-state index in [0.29, 0.717) is 9.89 Å². The molecule has 1 saturated carbocycles. The largest absolute Gasteiger partial charge is 0.370 e. The van der Waals surface area contributed by atoms with E-state index >= 15 is 0 Å². The zero-order chi connectivity index (χ0) is 10.6. The van der Waals surface area contributed by atoms with Crippen LogP contribution in [0.15, 0.2) is 16.6 Å². The SMILES string of the molecule is Cc1cc(Br)c(F)cc1N1CC2(CC2)C1. The number of benzene rings is 1. The van der Waals surface area contributed by atoms with Gasteiger partial charge in [0.1, 0.15) is 5.82 Å². The molecule has 1 aromatic carbocycles. The first-order chi connectivity index (χ1) is 7.10. The molecule has 2 fully saturated rings. The highest BCUT2D eigenvalue weighted by Crippen LogP contribution is 2.54. The molecule has 0 aromatic heterocycles. The zero-order valence-electron chi connectivity index (χ0n) is 8.69. The molecule has 3 heteroatoms. The monoisotopic (exact) mass is 269 g/mol. The van der Waals surface area contributed by atoms with Gasteiger partial charge in [0.25, 0.3) is 0 Å². The van der Waals surface area contributed by atoms with Crippen molar-refractivity contribution in [3.8, 4) is 0 Å². The van der Waals surface area contributed by atoms with Crippen LogP contribution in [-0.2, 0) is 0 Å². The Labute approximate surface area is 97.4 Å². The maximum Gasteiger partial charge on any atom is 0.139 e. The number of halogens is 2. The van der Waals surface area contributed by atoms with E-state index in [4.69, 9.17) is 0 Å². The molecular weight excluding hydrogens is 257 g/mol. The number of nitrogens with zero attached hydrogens (tertiary/aromatic N) is 1. The molecule has 2 aliphatic rings. The minimum atomic E-state index is -0.160. The molecular formula is C12H13BrFN. The average molecular weight is 270 g/mol. The van der Waals surface area contributed by atoms with Gasteiger partial charge in [-0.1, -0.05) is 0 Å². The molecule has 1 saturated heterocycles. The molecule has 0 atom stereocenters. The van der Waals surface area contributed by atoms with E-state index in [1.165, 1.54) is 12.8 Å². The van der Waals surface area contributed by atoms with Crippen molar-refractivity contribution in [3.05, 3.63) is 28.0 Å². The Kier molecular flexibility index (Phi) is 1.91. The predicted octanol–water partition coefficient (Wildman–Crippen LogP) is 3.50. The zero-order valence-corrected chi connectivity index (χ0v) is 10.3. The fourth-order valence-electron chi connectivity index (χ4n) is 2.40. The summed E-state index contributed by atoms with van der Waals surface area (Å²) in [6, 6.07) is 3.51. The van der Waals surface area contributed by atoms with E-state index in [-0.39, 0.29) is 5.82 Å². The van der Waals surface area contributed by atoms with E-state index < -0.39 is 0 Å². The summed E-state index contributed by atoms with van der Waals surface area (Å²) in [5, 5.41) is 0. The van der Waals surface area contributed by atoms with Crippen molar-refractivity contribution in [1.29, 1.82) is 0 Å². The summed E-state index contributed by atoms with van der Waals surface area (Å²) in [6.45, 7) is 4.28. The molecule has 1 spiro atoms. The first-order valence-electron chi connectivity index (χ1n) is 5.30. The molecule has 3 rings (SSSR count). The Bertz CT molecular complexity index is 418. The standard InChI is InChI=1S/C12H13BrFN/c1-8-4-9(13)10(14)5-11(8)15-6-12(7-15)2-3-12/h4-5H,2-3,6-7H2,1H3. The van der Waals surface area contributed by atoms with E-state index in [2.05, 4.69) is 20.8 Å². The minimum Gasteiger partial charge on any atom is -0.370 e. The number of hydrogen-bond acceptors (Lipinski definition) is 1. The van der Waals surface area contributed by atoms with Crippen LogP contribution in [0.2, 0.25) is 0 Å². The smallest absolute Gasteiger partial charge is 0.139 e. The van der Waals surface area contributed by atoms with Gasteiger partial charge in [0.05, 0.1) is 4.47 Å². The summed E-state index contributed by atoms with van der Waals surface area (Å²) < 4.78 is 14.0. The van der Waals surface area contributed by atoms with Crippen molar-refractivity contribution < 1.29 is 4.39 Å². The highest BCUT2D eigenvalue weighted by molar-refractivity contribution is 9.10. The second kappa shape index (κ2) is 2.97. The lowest BCUT2D eigenvalue weighted by Gasteiger charge is -2.42. The Morgan fingerprint density at radius 1 is 1.33 bits per heavy atom. The van der Waals surface area contributed by atoms with Gasteiger partial charge < -0.3 is 4.90 Å². The summed E-state index contributed by atoms with van der Waals surface area (Å²) in [5.74, 6) is -0.160. The van der Waals surface area contributed by atoms with Gasteiger partial charge in [-0.2, -0.15) is 0 Å². The minimum absolute atomic E-state index is 0.160. The van der Waals surface area contributed by atoms with Crippen molar-refractivity contribution in [2.45, 2.75) is 19.8 Å². The van der Waals surface area contributed by atoms with Gasteiger partial charge in [-0.25, -0.2) is 4.39 Å². The van der Waals surface area contributed by atoms with Crippen LogP contribution in [0.4, 0.5) is 10.1 Å². The molecule has 1 aromatic rings. The van der Waals surface area contributed by atoms with E-state index in [1.54, 1.807) is 6.07 Å². The van der Waals surface area contributed by atoms with Gasteiger partial charge in [0.2, 0.25) is 0 Å². The van der Waals surface area contributed by atoms with Gasteiger partial charge in [-0.05, 0) is 53.4 Å². The number of hydrogen-bond donors (Lipinski definition) is 0. The third-order valence-electron chi connectivity index (χ3n) is 3.59. The van der Waals surface area contributed by atoms with Crippen LogP contribution in [0.25, 0.3) is 0 Å². The summed E-state index contributed by atoms with van der Waals surface area (Å²) in [7, 11) is 0. The highest BCUT2D eigenvalue weighted by Gasteiger charge is 2.52. The Balaban J connectivity index is 1.88. The molecule has 0 radical (unpaired) electrons. The first-order valence-corrected chi connectivity index (χ1v) is 6.10. The second-order valence-corrected chi connectivity index (χ2v) is 5.76. The van der Waals surface area contributed by atoms with E-state index in [9.17, 15) is 4.39 Å². The molecule has 1 aliphatic carbocycles. The Hall–Kier alpha value is -0.570. The maximum absolute atomic E-state index is 13.4. The van der Waals surface area contributed by atoms with Crippen LogP contribution < -0.4 is 4.90 Å². The summed E-state index contributed by atoms with van der Waals surface area (Å²) in [5.41, 5.74) is 2.84. The number of anilines is 1. The molecule has 1 aliphatic heterocycles. The summed E-state index contributed by atoms with van der Waals surface area (Å²) >= 11 is 3.21. The van der Waals surface area contributed by atoms with Gasteiger partial charge in [0, 0.05) is 24.2 Å². The van der Waals surface area contributed by atoms with Crippen molar-refractivity contribution in [1.82, 2.24) is 0 Å². The summed E-state index contributed by atoms with van der Waals surface area (Å²) in [6.07, 6.45) is 2.73.